The highest BCUT2D eigenvalue weighted by molar-refractivity contribution is 5.21. The Morgan fingerprint density at radius 2 is 1.94 bits per heavy atom. The number of aromatic nitrogens is 3. The Balaban J connectivity index is 2.38. The monoisotopic (exact) mass is 217 g/mol. The van der Waals surface area contributed by atoms with Crippen LogP contribution in [0.15, 0.2) is 40.1 Å². The molecule has 1 heterocycles. The number of H-pyrrole nitrogens is 1. The molecule has 1 aromatic carbocycles. The minimum atomic E-state index is -0.493. The van der Waals surface area contributed by atoms with Crippen LogP contribution in [0.1, 0.15) is 11.1 Å². The lowest BCUT2D eigenvalue weighted by Gasteiger charge is -2.03. The molecule has 2 aromatic rings. The maximum Gasteiger partial charge on any atom is 0.345 e. The van der Waals surface area contributed by atoms with E-state index < -0.39 is 11.2 Å². The third-order valence-corrected chi connectivity index (χ3v) is 2.31. The zero-order valence-electron chi connectivity index (χ0n) is 8.80. The van der Waals surface area contributed by atoms with Crippen molar-refractivity contribution < 1.29 is 0 Å². The standard InChI is InChI=1S/C11H11N3O2/c1-8-2-4-9(5-3-8)7-14-10(15)6-12-13-11(14)16/h2-6H,7H2,1H3,(H,13,16). The Hall–Kier alpha value is -2.17. The minimum Gasteiger partial charge on any atom is -0.267 e. The van der Waals surface area contributed by atoms with E-state index in [0.29, 0.717) is 0 Å². The van der Waals surface area contributed by atoms with Gasteiger partial charge < -0.3 is 0 Å². The van der Waals surface area contributed by atoms with Gasteiger partial charge in [0.05, 0.1) is 6.54 Å². The number of nitrogens with zero attached hydrogens (tertiary/aromatic N) is 2. The maximum absolute atomic E-state index is 11.4. The van der Waals surface area contributed by atoms with E-state index >= 15 is 0 Å². The van der Waals surface area contributed by atoms with Crippen LogP contribution >= 0.6 is 0 Å². The number of hydrogen-bond donors (Lipinski definition) is 1. The Kier molecular flexibility index (Phi) is 2.68. The van der Waals surface area contributed by atoms with Crippen LogP contribution in [-0.2, 0) is 6.54 Å². The summed E-state index contributed by atoms with van der Waals surface area (Å²) in [5.74, 6) is 0. The van der Waals surface area contributed by atoms with Crippen molar-refractivity contribution in [2.75, 3.05) is 0 Å². The fourth-order valence-electron chi connectivity index (χ4n) is 1.40. The Morgan fingerprint density at radius 3 is 2.56 bits per heavy atom. The van der Waals surface area contributed by atoms with Gasteiger partial charge in [-0.15, -0.1) is 0 Å². The molecule has 0 radical (unpaired) electrons. The molecule has 0 atom stereocenters. The van der Waals surface area contributed by atoms with Gasteiger partial charge in [-0.05, 0) is 12.5 Å². The Morgan fingerprint density at radius 1 is 1.25 bits per heavy atom. The quantitative estimate of drug-likeness (QED) is 0.786. The summed E-state index contributed by atoms with van der Waals surface area (Å²) in [5, 5.41) is 5.66. The molecule has 0 aliphatic carbocycles. The fraction of sp³-hybridized carbons (Fsp3) is 0.182. The van der Waals surface area contributed by atoms with Gasteiger partial charge in [0, 0.05) is 0 Å². The molecule has 82 valence electrons. The molecular formula is C11H11N3O2. The molecule has 0 spiro atoms. The van der Waals surface area contributed by atoms with Gasteiger partial charge in [0.15, 0.2) is 0 Å². The largest absolute Gasteiger partial charge is 0.345 e. The first-order chi connectivity index (χ1) is 7.66. The molecule has 1 N–H and O–H groups in total. The van der Waals surface area contributed by atoms with Gasteiger partial charge in [0.25, 0.3) is 5.56 Å². The molecule has 5 nitrogen and oxygen atoms in total. The molecule has 0 saturated carbocycles. The van der Waals surface area contributed by atoms with Crippen molar-refractivity contribution in [3.63, 3.8) is 0 Å². The lowest BCUT2D eigenvalue weighted by atomic mass is 10.1. The highest BCUT2D eigenvalue weighted by Gasteiger charge is 2.01. The second-order valence-corrected chi connectivity index (χ2v) is 3.59. The second-order valence-electron chi connectivity index (χ2n) is 3.59. The van der Waals surface area contributed by atoms with Crippen molar-refractivity contribution in [2.24, 2.45) is 0 Å². The molecule has 0 aliphatic heterocycles. The summed E-state index contributed by atoms with van der Waals surface area (Å²) < 4.78 is 1.11. The molecule has 16 heavy (non-hydrogen) atoms. The van der Waals surface area contributed by atoms with Crippen molar-refractivity contribution in [2.45, 2.75) is 13.5 Å². The molecule has 0 amide bonds. The molecule has 0 saturated heterocycles. The van der Waals surface area contributed by atoms with Crippen LogP contribution in [0.25, 0.3) is 0 Å². The van der Waals surface area contributed by atoms with Crippen LogP contribution in [-0.4, -0.2) is 14.8 Å². The molecule has 0 aliphatic rings. The van der Waals surface area contributed by atoms with Gasteiger partial charge in [-0.1, -0.05) is 29.8 Å². The first-order valence-electron chi connectivity index (χ1n) is 4.87. The lowest BCUT2D eigenvalue weighted by molar-refractivity contribution is 0.667. The van der Waals surface area contributed by atoms with E-state index in [1.54, 1.807) is 0 Å². The summed E-state index contributed by atoms with van der Waals surface area (Å²) in [6, 6.07) is 7.66. The van der Waals surface area contributed by atoms with Crippen LogP contribution in [0.2, 0.25) is 0 Å². The van der Waals surface area contributed by atoms with Gasteiger partial charge in [-0.3, -0.25) is 9.36 Å². The first kappa shape index (κ1) is 10.4. The molecule has 5 heteroatoms. The average Bonchev–Trinajstić information content (AvgIpc) is 2.26. The first-order valence-corrected chi connectivity index (χ1v) is 4.87. The summed E-state index contributed by atoms with van der Waals surface area (Å²) in [4.78, 5) is 22.7. The smallest absolute Gasteiger partial charge is 0.267 e. The van der Waals surface area contributed by atoms with Gasteiger partial charge in [-0.25, -0.2) is 9.89 Å². The van der Waals surface area contributed by atoms with Crippen LogP contribution in [0.3, 0.4) is 0 Å². The van der Waals surface area contributed by atoms with Gasteiger partial charge in [0.2, 0.25) is 0 Å². The van der Waals surface area contributed by atoms with E-state index in [4.69, 9.17) is 0 Å². The molecule has 2 rings (SSSR count). The van der Waals surface area contributed by atoms with E-state index in [1.165, 1.54) is 0 Å². The number of rotatable bonds is 2. The van der Waals surface area contributed by atoms with Gasteiger partial charge in [0.1, 0.15) is 6.20 Å². The zero-order valence-corrected chi connectivity index (χ0v) is 8.80. The van der Waals surface area contributed by atoms with Crippen molar-refractivity contribution in [1.29, 1.82) is 0 Å². The van der Waals surface area contributed by atoms with E-state index in [1.807, 2.05) is 31.2 Å². The predicted octanol–water partition coefficient (Wildman–Crippen LogP) is 0.288. The van der Waals surface area contributed by atoms with Crippen LogP contribution < -0.4 is 11.2 Å². The summed E-state index contributed by atoms with van der Waals surface area (Å²) in [6.45, 7) is 2.24. The zero-order chi connectivity index (χ0) is 11.5. The molecule has 1 aromatic heterocycles. The summed E-state index contributed by atoms with van der Waals surface area (Å²) >= 11 is 0. The number of aryl methyl sites for hydroxylation is 1. The van der Waals surface area contributed by atoms with Gasteiger partial charge >= 0.3 is 5.69 Å². The summed E-state index contributed by atoms with van der Waals surface area (Å²) in [7, 11) is 0. The predicted molar refractivity (Wildman–Crippen MR) is 59.4 cm³/mol. The van der Waals surface area contributed by atoms with Crippen molar-refractivity contribution in [3.05, 3.63) is 62.4 Å². The van der Waals surface area contributed by atoms with E-state index in [0.717, 1.165) is 21.9 Å². The number of aromatic amines is 1. The van der Waals surface area contributed by atoms with Crippen molar-refractivity contribution >= 4 is 0 Å². The fourth-order valence-corrected chi connectivity index (χ4v) is 1.40. The van der Waals surface area contributed by atoms with E-state index in [9.17, 15) is 9.59 Å². The SMILES string of the molecule is Cc1ccc(Cn2c(=O)cn[nH]c2=O)cc1. The van der Waals surface area contributed by atoms with E-state index in [-0.39, 0.29) is 6.54 Å². The third kappa shape index (κ3) is 2.08. The molecule has 0 bridgehead atoms. The Labute approximate surface area is 91.4 Å². The molecular weight excluding hydrogens is 206 g/mol. The third-order valence-electron chi connectivity index (χ3n) is 2.31. The summed E-state index contributed by atoms with van der Waals surface area (Å²) in [5.41, 5.74) is 1.15. The normalized spacial score (nSPS) is 10.3. The van der Waals surface area contributed by atoms with E-state index in [2.05, 4.69) is 10.2 Å². The number of hydrogen-bond acceptors (Lipinski definition) is 3. The van der Waals surface area contributed by atoms with Gasteiger partial charge in [-0.2, -0.15) is 5.10 Å². The maximum atomic E-state index is 11.4. The van der Waals surface area contributed by atoms with Crippen molar-refractivity contribution in [1.82, 2.24) is 14.8 Å². The Bertz CT molecular complexity index is 567. The summed E-state index contributed by atoms with van der Waals surface area (Å²) in [6.07, 6.45) is 1.09. The molecule has 0 unspecified atom stereocenters. The topological polar surface area (TPSA) is 67.8 Å². The number of nitrogens with one attached hydrogen (secondary N) is 1. The average molecular weight is 217 g/mol. The van der Waals surface area contributed by atoms with Crippen LogP contribution in [0.4, 0.5) is 0 Å². The highest BCUT2D eigenvalue weighted by atomic mass is 16.2. The second kappa shape index (κ2) is 4.14. The van der Waals surface area contributed by atoms with Crippen LogP contribution in [0.5, 0.6) is 0 Å². The van der Waals surface area contributed by atoms with Crippen LogP contribution in [0, 0.1) is 6.92 Å². The minimum absolute atomic E-state index is 0.261. The lowest BCUT2D eigenvalue weighted by Crippen LogP contribution is -2.35. The number of benzene rings is 1. The highest BCUT2D eigenvalue weighted by Crippen LogP contribution is 2.02. The van der Waals surface area contributed by atoms with Crippen molar-refractivity contribution in [3.8, 4) is 0 Å². The molecule has 0 fully saturated rings.